The number of amides is 1. The van der Waals surface area contributed by atoms with Crippen molar-refractivity contribution >= 4 is 38.4 Å². The summed E-state index contributed by atoms with van der Waals surface area (Å²) in [5.74, 6) is 1.89. The molecule has 11 heteroatoms. The summed E-state index contributed by atoms with van der Waals surface area (Å²) in [6.45, 7) is 0. The van der Waals surface area contributed by atoms with Gasteiger partial charge in [0, 0.05) is 11.3 Å². The number of nitrogens with zero attached hydrogens (tertiary/aromatic N) is 2. The Morgan fingerprint density at radius 2 is 1.71 bits per heavy atom. The van der Waals surface area contributed by atoms with Crippen molar-refractivity contribution in [2.75, 3.05) is 44.8 Å². The zero-order chi connectivity index (χ0) is 24.5. The number of sulfone groups is 1. The second kappa shape index (κ2) is 9.75. The molecule has 0 saturated carbocycles. The highest BCUT2D eigenvalue weighted by Gasteiger charge is 2.50. The first-order valence-corrected chi connectivity index (χ1v) is 13.2. The van der Waals surface area contributed by atoms with Crippen molar-refractivity contribution in [2.45, 2.75) is 17.7 Å². The van der Waals surface area contributed by atoms with Crippen molar-refractivity contribution < 1.29 is 32.2 Å². The van der Waals surface area contributed by atoms with Crippen LogP contribution in [0, 0.1) is 0 Å². The number of carbonyl (C=O) groups is 1. The van der Waals surface area contributed by atoms with Crippen LogP contribution in [0.25, 0.3) is 0 Å². The van der Waals surface area contributed by atoms with Gasteiger partial charge in [-0.25, -0.2) is 8.42 Å². The van der Waals surface area contributed by atoms with E-state index in [0.29, 0.717) is 33.9 Å². The summed E-state index contributed by atoms with van der Waals surface area (Å²) in [4.78, 5) is 19.1. The first kappa shape index (κ1) is 24.2. The number of thioether (sulfide) groups is 1. The Morgan fingerprint density at radius 3 is 2.38 bits per heavy atom. The molecule has 0 aromatic heterocycles. The lowest BCUT2D eigenvalue weighted by atomic mass is 10.1. The average Bonchev–Trinajstić information content (AvgIpc) is 3.28. The van der Waals surface area contributed by atoms with Crippen molar-refractivity contribution in [1.82, 2.24) is 0 Å². The van der Waals surface area contributed by atoms with Crippen LogP contribution in [0.1, 0.15) is 5.56 Å². The number of hydrogen-bond donors (Lipinski definition) is 0. The van der Waals surface area contributed by atoms with E-state index >= 15 is 0 Å². The van der Waals surface area contributed by atoms with Gasteiger partial charge in [-0.1, -0.05) is 17.8 Å². The van der Waals surface area contributed by atoms with Gasteiger partial charge in [-0.3, -0.25) is 4.79 Å². The molecule has 0 aliphatic carbocycles. The first-order chi connectivity index (χ1) is 16.3. The zero-order valence-corrected chi connectivity index (χ0v) is 20.9. The summed E-state index contributed by atoms with van der Waals surface area (Å²) >= 11 is 1.31. The number of carbonyl (C=O) groups excluding carboxylic acids is 1. The molecule has 2 atom stereocenters. The number of hydrogen-bond acceptors (Lipinski definition) is 8. The number of methoxy groups -OCH3 is 4. The number of aliphatic imine (C=N–C) groups is 1. The molecule has 4 rings (SSSR count). The molecule has 2 aromatic carbocycles. The number of anilines is 1. The Morgan fingerprint density at radius 1 is 0.971 bits per heavy atom. The highest BCUT2D eigenvalue weighted by molar-refractivity contribution is 8.16. The summed E-state index contributed by atoms with van der Waals surface area (Å²) in [5.41, 5.74) is 1.37. The highest BCUT2D eigenvalue weighted by Crippen LogP contribution is 2.44. The summed E-state index contributed by atoms with van der Waals surface area (Å²) in [6, 6.07) is 10.2. The average molecular weight is 507 g/mol. The predicted molar refractivity (Wildman–Crippen MR) is 132 cm³/mol. The molecule has 34 heavy (non-hydrogen) atoms. The van der Waals surface area contributed by atoms with Crippen LogP contribution in [0.4, 0.5) is 5.69 Å². The van der Waals surface area contributed by atoms with Gasteiger partial charge in [0.2, 0.25) is 0 Å². The summed E-state index contributed by atoms with van der Waals surface area (Å²) in [5, 5.41) is 0.239. The van der Waals surface area contributed by atoms with Gasteiger partial charge in [-0.2, -0.15) is 4.99 Å². The van der Waals surface area contributed by atoms with Crippen molar-refractivity contribution in [1.29, 1.82) is 0 Å². The molecular formula is C23H26N2O7S2. The molecule has 2 aliphatic heterocycles. The van der Waals surface area contributed by atoms with Gasteiger partial charge in [0.05, 0.1) is 58.1 Å². The smallest absolute Gasteiger partial charge is 0.252 e. The fourth-order valence-corrected chi connectivity index (χ4v) is 8.07. The second-order valence-electron chi connectivity index (χ2n) is 7.86. The molecule has 2 saturated heterocycles. The van der Waals surface area contributed by atoms with Crippen molar-refractivity contribution in [3.05, 3.63) is 42.0 Å². The minimum Gasteiger partial charge on any atom is -0.497 e. The SMILES string of the molecule is COc1ccc(N2C(=NC(=O)Cc3ccc(OC)c(OC)c3)S[C@H]3CS(=O)(=O)C[C@@H]32)c(OC)c1. The van der Waals surface area contributed by atoms with Gasteiger partial charge in [0.15, 0.2) is 26.5 Å². The van der Waals surface area contributed by atoms with E-state index in [1.54, 1.807) is 50.6 Å². The Bertz CT molecular complexity index is 1230. The van der Waals surface area contributed by atoms with Crippen LogP contribution in [-0.4, -0.2) is 70.7 Å². The molecule has 2 fully saturated rings. The maximum atomic E-state index is 12.9. The monoisotopic (exact) mass is 506 g/mol. The molecule has 2 heterocycles. The Labute approximate surface area is 203 Å². The van der Waals surface area contributed by atoms with Crippen LogP contribution in [-0.2, 0) is 21.1 Å². The van der Waals surface area contributed by atoms with Gasteiger partial charge in [-0.05, 0) is 29.8 Å². The molecule has 2 aromatic rings. The largest absolute Gasteiger partial charge is 0.497 e. The van der Waals surface area contributed by atoms with E-state index in [9.17, 15) is 13.2 Å². The third-order valence-electron chi connectivity index (χ3n) is 5.74. The normalized spacial score (nSPS) is 21.9. The van der Waals surface area contributed by atoms with Crippen LogP contribution < -0.4 is 23.8 Å². The molecule has 9 nitrogen and oxygen atoms in total. The lowest BCUT2D eigenvalue weighted by Crippen LogP contribution is -2.38. The fraction of sp³-hybridized carbons (Fsp3) is 0.391. The molecule has 0 spiro atoms. The maximum absolute atomic E-state index is 12.9. The first-order valence-electron chi connectivity index (χ1n) is 10.5. The number of ether oxygens (including phenoxy) is 4. The zero-order valence-electron chi connectivity index (χ0n) is 19.3. The van der Waals surface area contributed by atoms with Gasteiger partial charge in [0.25, 0.3) is 5.91 Å². The lowest BCUT2D eigenvalue weighted by molar-refractivity contribution is -0.117. The predicted octanol–water partition coefficient (Wildman–Crippen LogP) is 2.57. The van der Waals surface area contributed by atoms with Gasteiger partial charge in [-0.15, -0.1) is 0 Å². The highest BCUT2D eigenvalue weighted by atomic mass is 32.2. The van der Waals surface area contributed by atoms with Crippen LogP contribution in [0.3, 0.4) is 0 Å². The number of fused-ring (bicyclic) bond motifs is 1. The van der Waals surface area contributed by atoms with Crippen LogP contribution >= 0.6 is 11.8 Å². The lowest BCUT2D eigenvalue weighted by Gasteiger charge is -2.26. The van der Waals surface area contributed by atoms with E-state index in [4.69, 9.17) is 18.9 Å². The Hall–Kier alpha value is -2.92. The van der Waals surface area contributed by atoms with Crippen molar-refractivity contribution in [3.63, 3.8) is 0 Å². The molecule has 0 bridgehead atoms. The van der Waals surface area contributed by atoms with Gasteiger partial charge >= 0.3 is 0 Å². The quantitative estimate of drug-likeness (QED) is 0.560. The molecule has 2 aliphatic rings. The fourth-order valence-electron chi connectivity index (χ4n) is 4.14. The van der Waals surface area contributed by atoms with Crippen LogP contribution in [0.15, 0.2) is 41.4 Å². The summed E-state index contributed by atoms with van der Waals surface area (Å²) < 4.78 is 46.1. The molecule has 0 unspecified atom stereocenters. The summed E-state index contributed by atoms with van der Waals surface area (Å²) in [7, 11) is 2.98. The molecular weight excluding hydrogens is 480 g/mol. The minimum absolute atomic E-state index is 0.0112. The molecule has 1 amide bonds. The maximum Gasteiger partial charge on any atom is 0.252 e. The molecule has 182 valence electrons. The van der Waals surface area contributed by atoms with E-state index in [-0.39, 0.29) is 35.1 Å². The van der Waals surface area contributed by atoms with Gasteiger partial charge in [0.1, 0.15) is 11.5 Å². The Balaban J connectivity index is 1.67. The topological polar surface area (TPSA) is 104 Å². The summed E-state index contributed by atoms with van der Waals surface area (Å²) in [6.07, 6.45) is 0.0611. The van der Waals surface area contributed by atoms with Crippen LogP contribution in [0.2, 0.25) is 0 Å². The van der Waals surface area contributed by atoms with E-state index in [1.807, 2.05) is 4.90 Å². The van der Waals surface area contributed by atoms with Crippen LogP contribution in [0.5, 0.6) is 23.0 Å². The van der Waals surface area contributed by atoms with E-state index in [1.165, 1.54) is 26.0 Å². The van der Waals surface area contributed by atoms with Crippen molar-refractivity contribution in [3.8, 4) is 23.0 Å². The third kappa shape index (κ3) is 4.80. The molecule has 0 radical (unpaired) electrons. The van der Waals surface area contributed by atoms with E-state index < -0.39 is 9.84 Å². The number of rotatable bonds is 7. The van der Waals surface area contributed by atoms with Crippen molar-refractivity contribution in [2.24, 2.45) is 4.99 Å². The molecule has 0 N–H and O–H groups in total. The van der Waals surface area contributed by atoms with E-state index in [0.717, 1.165) is 5.56 Å². The van der Waals surface area contributed by atoms with E-state index in [2.05, 4.69) is 4.99 Å². The second-order valence-corrected chi connectivity index (χ2v) is 11.2. The standard InChI is InChI=1S/C23H26N2O7S2/c1-29-15-6-7-16(19(11-15)31-3)25-17-12-34(27,28)13-21(17)33-23(25)24-22(26)10-14-5-8-18(30-2)20(9-14)32-4/h5-9,11,17,21H,10,12-13H2,1-4H3/t17-,21-/m0/s1. The number of benzene rings is 2. The van der Waals surface area contributed by atoms with Gasteiger partial charge < -0.3 is 23.8 Å². The Kier molecular flexibility index (Phi) is 6.94. The number of amidine groups is 1. The minimum atomic E-state index is -3.19. The third-order valence-corrected chi connectivity index (χ3v) is 8.95.